The number of hydrogen-bond acceptors (Lipinski definition) is 7. The second-order valence-corrected chi connectivity index (χ2v) is 7.14. The fourth-order valence-electron chi connectivity index (χ4n) is 3.39. The number of carbonyl (C=O) groups excluding carboxylic acids is 1. The van der Waals surface area contributed by atoms with Crippen molar-refractivity contribution in [2.24, 2.45) is 5.92 Å². The summed E-state index contributed by atoms with van der Waals surface area (Å²) < 4.78 is 15.9. The minimum Gasteiger partial charge on any atom is -0.469 e. The van der Waals surface area contributed by atoms with Crippen molar-refractivity contribution in [3.63, 3.8) is 0 Å². The van der Waals surface area contributed by atoms with E-state index >= 15 is 0 Å². The molecule has 7 heteroatoms. The second-order valence-electron chi connectivity index (χ2n) is 7.14. The molecule has 1 fully saturated rings. The van der Waals surface area contributed by atoms with Crippen LogP contribution < -0.4 is 0 Å². The van der Waals surface area contributed by atoms with Crippen LogP contribution in [0.3, 0.4) is 0 Å². The molecule has 0 aromatic carbocycles. The first-order valence-electron chi connectivity index (χ1n) is 8.78. The van der Waals surface area contributed by atoms with Crippen LogP contribution in [0.4, 0.5) is 0 Å². The van der Waals surface area contributed by atoms with Gasteiger partial charge in [-0.1, -0.05) is 6.92 Å². The molecule has 7 nitrogen and oxygen atoms in total. The third-order valence-electron chi connectivity index (χ3n) is 5.13. The largest absolute Gasteiger partial charge is 0.469 e. The average molecular weight is 358 g/mol. The van der Waals surface area contributed by atoms with Crippen LogP contribution >= 0.6 is 0 Å². The summed E-state index contributed by atoms with van der Waals surface area (Å²) in [5.74, 6) is -2.37. The Morgan fingerprint density at radius 3 is 2.60 bits per heavy atom. The summed E-state index contributed by atoms with van der Waals surface area (Å²) in [6.07, 6.45) is 3.71. The van der Waals surface area contributed by atoms with Crippen LogP contribution in [0.2, 0.25) is 0 Å². The maximum absolute atomic E-state index is 11.4. The molecule has 0 aromatic rings. The summed E-state index contributed by atoms with van der Waals surface area (Å²) in [4.78, 5) is 22.4. The minimum absolute atomic E-state index is 0.0702. The molecule has 0 amide bonds. The summed E-state index contributed by atoms with van der Waals surface area (Å²) >= 11 is 0. The van der Waals surface area contributed by atoms with Crippen molar-refractivity contribution in [1.82, 2.24) is 0 Å². The van der Waals surface area contributed by atoms with Crippen LogP contribution in [0.25, 0.3) is 0 Å². The van der Waals surface area contributed by atoms with Gasteiger partial charge in [0.2, 0.25) is 5.79 Å². The summed E-state index contributed by atoms with van der Waals surface area (Å²) in [7, 11) is 2.92. The highest BCUT2D eigenvalue weighted by Crippen LogP contribution is 2.38. The van der Waals surface area contributed by atoms with E-state index < -0.39 is 11.6 Å². The molecule has 0 aromatic heterocycles. The van der Waals surface area contributed by atoms with E-state index in [2.05, 4.69) is 4.74 Å². The normalized spacial score (nSPS) is 38.5. The zero-order valence-electron chi connectivity index (χ0n) is 15.7. The third kappa shape index (κ3) is 5.01. The van der Waals surface area contributed by atoms with E-state index in [1.165, 1.54) is 7.11 Å². The molecule has 5 atom stereocenters. The highest BCUT2D eigenvalue weighted by atomic mass is 17.2. The number of esters is 1. The fourth-order valence-corrected chi connectivity index (χ4v) is 3.39. The average Bonchev–Trinajstić information content (AvgIpc) is 2.82. The molecule has 2 rings (SSSR count). The number of aliphatic hydroxyl groups is 1. The highest BCUT2D eigenvalue weighted by molar-refractivity contribution is 5.69. The van der Waals surface area contributed by atoms with Crippen LogP contribution in [-0.2, 0) is 28.8 Å². The van der Waals surface area contributed by atoms with Gasteiger partial charge >= 0.3 is 5.97 Å². The van der Waals surface area contributed by atoms with Gasteiger partial charge in [-0.25, -0.2) is 9.78 Å². The smallest absolute Gasteiger partial charge is 0.308 e. The van der Waals surface area contributed by atoms with Crippen molar-refractivity contribution in [2.45, 2.75) is 76.7 Å². The Morgan fingerprint density at radius 1 is 1.36 bits per heavy atom. The van der Waals surface area contributed by atoms with Gasteiger partial charge in [0.25, 0.3) is 0 Å². The standard InChI is InChI=1S/C18H30O7/c1-12-10-17(20,23-14(12)3)7-6-8-18(22-5)11-13(2)15(24-25-18)9-16(19)21-4/h10,13-15,20H,6-9,11H2,1-5H3/t13-,14-,15-,17+,18+/m0/s1. The molecule has 1 N–H and O–H groups in total. The Kier molecular flexibility index (Phi) is 6.62. The topological polar surface area (TPSA) is 83.5 Å². The lowest BCUT2D eigenvalue weighted by Crippen LogP contribution is -2.46. The van der Waals surface area contributed by atoms with Crippen LogP contribution in [0.5, 0.6) is 0 Å². The lowest BCUT2D eigenvalue weighted by atomic mass is 9.89. The number of methoxy groups -OCH3 is 2. The van der Waals surface area contributed by atoms with Crippen molar-refractivity contribution in [2.75, 3.05) is 14.2 Å². The fraction of sp³-hybridized carbons (Fsp3) is 0.833. The molecule has 0 saturated carbocycles. The molecule has 0 spiro atoms. The van der Waals surface area contributed by atoms with Crippen molar-refractivity contribution in [3.8, 4) is 0 Å². The zero-order valence-corrected chi connectivity index (χ0v) is 15.7. The van der Waals surface area contributed by atoms with E-state index in [9.17, 15) is 9.90 Å². The molecule has 0 radical (unpaired) electrons. The monoisotopic (exact) mass is 358 g/mol. The molecule has 1 saturated heterocycles. The predicted molar refractivity (Wildman–Crippen MR) is 89.2 cm³/mol. The predicted octanol–water partition coefficient (Wildman–Crippen LogP) is 2.47. The van der Waals surface area contributed by atoms with Crippen LogP contribution in [0, 0.1) is 5.92 Å². The molecule has 144 valence electrons. The van der Waals surface area contributed by atoms with E-state index in [-0.39, 0.29) is 30.5 Å². The van der Waals surface area contributed by atoms with Gasteiger partial charge in [-0.3, -0.25) is 4.79 Å². The van der Waals surface area contributed by atoms with Gasteiger partial charge in [0.15, 0.2) is 5.79 Å². The summed E-state index contributed by atoms with van der Waals surface area (Å²) in [5, 5.41) is 10.5. The molecule has 2 aliphatic rings. The minimum atomic E-state index is -1.23. The quantitative estimate of drug-likeness (QED) is 0.425. The first-order chi connectivity index (χ1) is 11.7. The first kappa shape index (κ1) is 20.3. The lowest BCUT2D eigenvalue weighted by Gasteiger charge is -2.41. The maximum Gasteiger partial charge on any atom is 0.308 e. The molecule has 0 bridgehead atoms. The van der Waals surface area contributed by atoms with Crippen LogP contribution in [0.15, 0.2) is 11.6 Å². The second kappa shape index (κ2) is 8.14. The zero-order chi connectivity index (χ0) is 18.7. The Labute approximate surface area is 149 Å². The Balaban J connectivity index is 1.87. The molecule has 2 heterocycles. The van der Waals surface area contributed by atoms with Crippen molar-refractivity contribution >= 4 is 5.97 Å². The van der Waals surface area contributed by atoms with Gasteiger partial charge in [0, 0.05) is 26.4 Å². The first-order valence-corrected chi connectivity index (χ1v) is 8.78. The SMILES string of the molecule is COC(=O)C[C@@H]1OO[C@@](CCC[C@]2(O)C=C(C)[C@H](C)O2)(OC)C[C@@H]1C. The van der Waals surface area contributed by atoms with E-state index in [1.807, 2.05) is 20.8 Å². The van der Waals surface area contributed by atoms with Crippen LogP contribution in [0.1, 0.15) is 52.9 Å². The molecule has 0 unspecified atom stereocenters. The van der Waals surface area contributed by atoms with Gasteiger partial charge in [-0.15, -0.1) is 0 Å². The van der Waals surface area contributed by atoms with E-state index in [0.29, 0.717) is 25.7 Å². The van der Waals surface area contributed by atoms with Gasteiger partial charge in [0.05, 0.1) is 19.6 Å². The number of carbonyl (C=O) groups is 1. The van der Waals surface area contributed by atoms with E-state index in [4.69, 9.17) is 19.2 Å². The van der Waals surface area contributed by atoms with Crippen molar-refractivity contribution < 1.29 is 33.9 Å². The van der Waals surface area contributed by atoms with E-state index in [1.54, 1.807) is 13.2 Å². The van der Waals surface area contributed by atoms with E-state index in [0.717, 1.165) is 5.57 Å². The number of ether oxygens (including phenoxy) is 3. The molecular weight excluding hydrogens is 328 g/mol. The van der Waals surface area contributed by atoms with Gasteiger partial charge in [-0.05, 0) is 37.8 Å². The number of rotatable bonds is 7. The number of hydrogen-bond donors (Lipinski definition) is 1. The van der Waals surface area contributed by atoms with Crippen molar-refractivity contribution in [3.05, 3.63) is 11.6 Å². The third-order valence-corrected chi connectivity index (χ3v) is 5.13. The molecule has 25 heavy (non-hydrogen) atoms. The van der Waals surface area contributed by atoms with Crippen LogP contribution in [-0.4, -0.2) is 49.1 Å². The van der Waals surface area contributed by atoms with Crippen molar-refractivity contribution in [1.29, 1.82) is 0 Å². The molecular formula is C18H30O7. The molecule has 0 aliphatic carbocycles. The summed E-state index contributed by atoms with van der Waals surface area (Å²) in [6, 6.07) is 0. The Bertz CT molecular complexity index is 506. The highest BCUT2D eigenvalue weighted by Gasteiger charge is 2.44. The maximum atomic E-state index is 11.4. The summed E-state index contributed by atoms with van der Waals surface area (Å²) in [5.41, 5.74) is 1.03. The Morgan fingerprint density at radius 2 is 2.08 bits per heavy atom. The van der Waals surface area contributed by atoms with Gasteiger partial charge in [-0.2, -0.15) is 0 Å². The molecule has 2 aliphatic heterocycles. The van der Waals surface area contributed by atoms with Gasteiger partial charge < -0.3 is 19.3 Å². The van der Waals surface area contributed by atoms with Gasteiger partial charge in [0.1, 0.15) is 6.10 Å². The Hall–Kier alpha value is -0.990. The lowest BCUT2D eigenvalue weighted by molar-refractivity contribution is -0.475. The summed E-state index contributed by atoms with van der Waals surface area (Å²) in [6.45, 7) is 5.85.